The first-order chi connectivity index (χ1) is 15.2. The van der Waals surface area contributed by atoms with E-state index in [1.54, 1.807) is 18.5 Å². The number of ether oxygens (including phenoxy) is 1. The van der Waals surface area contributed by atoms with Crippen molar-refractivity contribution in [2.75, 3.05) is 57.4 Å². The van der Waals surface area contributed by atoms with E-state index in [0.29, 0.717) is 58.4 Å². The molecule has 9 heteroatoms. The van der Waals surface area contributed by atoms with E-state index in [1.807, 2.05) is 27.3 Å². The SMILES string of the molecule is O=C(c1cccs1)N1CCC[C@@]2(C(=O)N3CCOCC3)CN(c3ncccn3)C[C@H]2C1. The van der Waals surface area contributed by atoms with Crippen LogP contribution in [0.5, 0.6) is 0 Å². The fourth-order valence-corrected chi connectivity index (χ4v) is 5.90. The Kier molecular flexibility index (Phi) is 5.62. The molecule has 0 aromatic carbocycles. The van der Waals surface area contributed by atoms with Gasteiger partial charge in [-0.15, -0.1) is 11.3 Å². The van der Waals surface area contributed by atoms with E-state index in [4.69, 9.17) is 4.74 Å². The Morgan fingerprint density at radius 2 is 1.87 bits per heavy atom. The molecule has 0 saturated carbocycles. The molecular formula is C22H27N5O3S. The van der Waals surface area contributed by atoms with Gasteiger partial charge >= 0.3 is 0 Å². The number of thiophene rings is 1. The topological polar surface area (TPSA) is 78.9 Å². The van der Waals surface area contributed by atoms with Crippen molar-refractivity contribution in [1.82, 2.24) is 19.8 Å². The predicted molar refractivity (Wildman–Crippen MR) is 117 cm³/mol. The highest BCUT2D eigenvalue weighted by molar-refractivity contribution is 7.12. The molecule has 0 radical (unpaired) electrons. The van der Waals surface area contributed by atoms with Crippen LogP contribution in [0, 0.1) is 11.3 Å². The molecule has 2 amide bonds. The molecule has 3 aliphatic rings. The summed E-state index contributed by atoms with van der Waals surface area (Å²) >= 11 is 1.47. The van der Waals surface area contributed by atoms with Crippen LogP contribution in [-0.2, 0) is 9.53 Å². The minimum absolute atomic E-state index is 0.0399. The molecule has 0 unspecified atom stereocenters. The average Bonchev–Trinajstić information content (AvgIpc) is 3.45. The number of amides is 2. The molecule has 0 bridgehead atoms. The van der Waals surface area contributed by atoms with Gasteiger partial charge in [-0.3, -0.25) is 9.59 Å². The molecule has 31 heavy (non-hydrogen) atoms. The maximum absolute atomic E-state index is 13.9. The zero-order valence-corrected chi connectivity index (χ0v) is 18.3. The van der Waals surface area contributed by atoms with Crippen molar-refractivity contribution in [2.45, 2.75) is 12.8 Å². The van der Waals surface area contributed by atoms with Crippen LogP contribution in [0.25, 0.3) is 0 Å². The standard InChI is InChI=1S/C22H27N5O3S/c28-19(18-4-1-13-31-18)26-8-2-5-22(20(29)25-9-11-30-12-10-25)16-27(15-17(22)14-26)21-23-6-3-7-24-21/h1,3-4,6-7,13,17H,2,5,8-12,14-16H2/t17-,22-/m1/s1. The maximum Gasteiger partial charge on any atom is 0.263 e. The number of nitrogens with zero attached hydrogens (tertiary/aromatic N) is 5. The van der Waals surface area contributed by atoms with Gasteiger partial charge in [0.15, 0.2) is 0 Å². The quantitative estimate of drug-likeness (QED) is 0.722. The third-order valence-corrected chi connectivity index (χ3v) is 7.62. The molecule has 0 spiro atoms. The number of carbonyl (C=O) groups excluding carboxylic acids is 2. The zero-order chi connectivity index (χ0) is 21.3. The molecule has 2 atom stereocenters. The van der Waals surface area contributed by atoms with E-state index >= 15 is 0 Å². The lowest BCUT2D eigenvalue weighted by atomic mass is 9.73. The molecule has 5 rings (SSSR count). The van der Waals surface area contributed by atoms with Crippen molar-refractivity contribution >= 4 is 29.1 Å². The zero-order valence-electron chi connectivity index (χ0n) is 17.5. The number of hydrogen-bond donors (Lipinski definition) is 0. The number of hydrogen-bond acceptors (Lipinski definition) is 7. The highest BCUT2D eigenvalue weighted by atomic mass is 32.1. The fraction of sp³-hybridized carbons (Fsp3) is 0.545. The maximum atomic E-state index is 13.9. The fourth-order valence-electron chi connectivity index (χ4n) is 5.21. The first-order valence-corrected chi connectivity index (χ1v) is 11.8. The van der Waals surface area contributed by atoms with E-state index in [2.05, 4.69) is 14.9 Å². The Hall–Kier alpha value is -2.52. The molecule has 5 heterocycles. The summed E-state index contributed by atoms with van der Waals surface area (Å²) in [6, 6.07) is 5.59. The Morgan fingerprint density at radius 3 is 2.61 bits per heavy atom. The van der Waals surface area contributed by atoms with E-state index in [1.165, 1.54) is 11.3 Å². The molecular weight excluding hydrogens is 414 g/mol. The molecule has 0 aliphatic carbocycles. The lowest BCUT2D eigenvalue weighted by molar-refractivity contribution is -0.148. The molecule has 2 aromatic heterocycles. The molecule has 164 valence electrons. The van der Waals surface area contributed by atoms with Crippen LogP contribution in [0.1, 0.15) is 22.5 Å². The van der Waals surface area contributed by atoms with Crippen LogP contribution in [0.4, 0.5) is 5.95 Å². The van der Waals surface area contributed by atoms with Crippen molar-refractivity contribution in [2.24, 2.45) is 11.3 Å². The molecule has 0 N–H and O–H groups in total. The number of carbonyl (C=O) groups is 2. The molecule has 3 aliphatic heterocycles. The van der Waals surface area contributed by atoms with Crippen molar-refractivity contribution in [1.29, 1.82) is 0 Å². The second-order valence-corrected chi connectivity index (χ2v) is 9.47. The largest absolute Gasteiger partial charge is 0.378 e. The Morgan fingerprint density at radius 1 is 1.06 bits per heavy atom. The van der Waals surface area contributed by atoms with Gasteiger partial charge in [0.1, 0.15) is 0 Å². The van der Waals surface area contributed by atoms with Gasteiger partial charge in [0.05, 0.1) is 23.5 Å². The van der Waals surface area contributed by atoms with E-state index in [0.717, 1.165) is 17.7 Å². The number of anilines is 1. The Balaban J connectivity index is 1.45. The Labute approximate surface area is 185 Å². The third kappa shape index (κ3) is 3.80. The van der Waals surface area contributed by atoms with Crippen LogP contribution in [0.2, 0.25) is 0 Å². The second-order valence-electron chi connectivity index (χ2n) is 8.52. The van der Waals surface area contributed by atoms with Gasteiger partial charge in [0, 0.05) is 57.6 Å². The first-order valence-electron chi connectivity index (χ1n) is 10.9. The van der Waals surface area contributed by atoms with Gasteiger partial charge in [0.25, 0.3) is 5.91 Å². The smallest absolute Gasteiger partial charge is 0.263 e. The van der Waals surface area contributed by atoms with Crippen LogP contribution in [-0.4, -0.2) is 84.1 Å². The van der Waals surface area contributed by atoms with Crippen molar-refractivity contribution in [3.8, 4) is 0 Å². The van der Waals surface area contributed by atoms with Crippen LogP contribution < -0.4 is 4.90 Å². The van der Waals surface area contributed by atoms with Gasteiger partial charge in [-0.1, -0.05) is 6.07 Å². The lowest BCUT2D eigenvalue weighted by Gasteiger charge is -2.38. The lowest BCUT2D eigenvalue weighted by Crippen LogP contribution is -2.53. The van der Waals surface area contributed by atoms with Gasteiger partial charge in [-0.25, -0.2) is 9.97 Å². The first kappa shape index (κ1) is 20.4. The Bertz CT molecular complexity index is 918. The van der Waals surface area contributed by atoms with E-state index < -0.39 is 5.41 Å². The third-order valence-electron chi connectivity index (χ3n) is 6.77. The minimum atomic E-state index is -0.527. The van der Waals surface area contributed by atoms with Crippen LogP contribution >= 0.6 is 11.3 Å². The van der Waals surface area contributed by atoms with Crippen molar-refractivity contribution < 1.29 is 14.3 Å². The van der Waals surface area contributed by atoms with E-state index in [9.17, 15) is 9.59 Å². The van der Waals surface area contributed by atoms with Crippen molar-refractivity contribution in [3.63, 3.8) is 0 Å². The molecule has 2 aromatic rings. The van der Waals surface area contributed by atoms with Gasteiger partial charge in [-0.2, -0.15) is 0 Å². The number of aromatic nitrogens is 2. The highest BCUT2D eigenvalue weighted by Crippen LogP contribution is 2.45. The average molecular weight is 442 g/mol. The highest BCUT2D eigenvalue weighted by Gasteiger charge is 2.55. The predicted octanol–water partition coefficient (Wildman–Crippen LogP) is 1.76. The number of likely N-dealkylation sites (tertiary alicyclic amines) is 1. The summed E-state index contributed by atoms with van der Waals surface area (Å²) in [5.74, 6) is 0.961. The molecule has 8 nitrogen and oxygen atoms in total. The monoisotopic (exact) mass is 441 g/mol. The summed E-state index contributed by atoms with van der Waals surface area (Å²) in [7, 11) is 0. The minimum Gasteiger partial charge on any atom is -0.378 e. The van der Waals surface area contributed by atoms with Crippen molar-refractivity contribution in [3.05, 3.63) is 40.8 Å². The summed E-state index contributed by atoms with van der Waals surface area (Å²) in [6.45, 7) is 4.97. The van der Waals surface area contributed by atoms with Gasteiger partial charge < -0.3 is 19.4 Å². The second kappa shape index (κ2) is 8.55. The van der Waals surface area contributed by atoms with E-state index in [-0.39, 0.29) is 17.7 Å². The molecule has 3 fully saturated rings. The summed E-state index contributed by atoms with van der Waals surface area (Å²) < 4.78 is 5.48. The van der Waals surface area contributed by atoms with Gasteiger partial charge in [-0.05, 0) is 30.4 Å². The summed E-state index contributed by atoms with van der Waals surface area (Å²) in [6.07, 6.45) is 5.05. The van der Waals surface area contributed by atoms with Gasteiger partial charge in [0.2, 0.25) is 11.9 Å². The van der Waals surface area contributed by atoms with Crippen LogP contribution in [0.15, 0.2) is 36.0 Å². The summed E-state index contributed by atoms with van der Waals surface area (Å²) in [5.41, 5.74) is -0.527. The number of fused-ring (bicyclic) bond motifs is 1. The van der Waals surface area contributed by atoms with Crippen LogP contribution in [0.3, 0.4) is 0 Å². The number of rotatable bonds is 3. The summed E-state index contributed by atoms with van der Waals surface area (Å²) in [5, 5.41) is 1.93. The summed E-state index contributed by atoms with van der Waals surface area (Å²) in [4.78, 5) is 42.7. The normalized spacial score (nSPS) is 26.5. The number of morpholine rings is 1. The molecule has 3 saturated heterocycles.